The van der Waals surface area contributed by atoms with Crippen molar-refractivity contribution in [1.29, 1.82) is 0 Å². The highest BCUT2D eigenvalue weighted by molar-refractivity contribution is 6.02. The molecule has 22 heavy (non-hydrogen) atoms. The van der Waals surface area contributed by atoms with Crippen LogP contribution in [0.4, 0.5) is 13.2 Å². The number of benzene rings is 1. The minimum Gasteiger partial charge on any atom is -0.458 e. The average Bonchev–Trinajstić information content (AvgIpc) is 2.73. The summed E-state index contributed by atoms with van der Waals surface area (Å²) >= 11 is 0. The van der Waals surface area contributed by atoms with Crippen molar-refractivity contribution in [3.63, 3.8) is 0 Å². The summed E-state index contributed by atoms with van der Waals surface area (Å²) in [5.41, 5.74) is -3.31. The maximum absolute atomic E-state index is 13.5. The van der Waals surface area contributed by atoms with Crippen LogP contribution in [0.25, 0.3) is 0 Å². The zero-order valence-corrected chi connectivity index (χ0v) is 12.3. The first-order valence-corrected chi connectivity index (χ1v) is 6.56. The molecule has 0 radical (unpaired) electrons. The molecule has 0 bridgehead atoms. The molecule has 2 aromatic rings. The predicted octanol–water partition coefficient (Wildman–Crippen LogP) is 3.84. The molecule has 1 atom stereocenters. The number of aliphatic hydroxyl groups is 1. The summed E-state index contributed by atoms with van der Waals surface area (Å²) in [6.45, 7) is 4.68. The number of Topliss-reactive ketones (excluding diaryl/α,β-unsaturated/α-hetero) is 1. The second kappa shape index (κ2) is 5.28. The summed E-state index contributed by atoms with van der Waals surface area (Å²) in [6, 6.07) is 6.26. The number of aryl methyl sites for hydroxylation is 1. The Labute approximate surface area is 125 Å². The highest BCUT2D eigenvalue weighted by Crippen LogP contribution is 2.42. The van der Waals surface area contributed by atoms with E-state index in [-0.39, 0.29) is 0 Å². The lowest BCUT2D eigenvalue weighted by Crippen LogP contribution is -2.49. The van der Waals surface area contributed by atoms with Gasteiger partial charge in [0.15, 0.2) is 5.76 Å². The Morgan fingerprint density at radius 3 is 2.00 bits per heavy atom. The Morgan fingerprint density at radius 1 is 1.05 bits per heavy atom. The number of hydrogen-bond acceptors (Lipinski definition) is 3. The van der Waals surface area contributed by atoms with Gasteiger partial charge in [0.25, 0.3) is 5.60 Å². The van der Waals surface area contributed by atoms with E-state index in [1.165, 1.54) is 25.1 Å². The number of ketones is 1. The monoisotopic (exact) mass is 312 g/mol. The molecule has 0 saturated carbocycles. The van der Waals surface area contributed by atoms with Gasteiger partial charge in [-0.2, -0.15) is 13.2 Å². The van der Waals surface area contributed by atoms with Crippen molar-refractivity contribution in [3.8, 4) is 0 Å². The molecule has 0 amide bonds. The van der Waals surface area contributed by atoms with E-state index in [2.05, 4.69) is 0 Å². The fourth-order valence-corrected chi connectivity index (χ4v) is 2.22. The van der Waals surface area contributed by atoms with E-state index >= 15 is 0 Å². The van der Waals surface area contributed by atoms with Crippen LogP contribution in [0.1, 0.15) is 33.0 Å². The Balaban J connectivity index is 2.66. The SMILES string of the molecule is Cc1oc(C(=O)[C@@](O)(c2ccccc2)C(F)(F)F)c(C)c1C. The van der Waals surface area contributed by atoms with Crippen LogP contribution in [-0.2, 0) is 5.60 Å². The Bertz CT molecular complexity index is 701. The molecule has 0 aliphatic rings. The Morgan fingerprint density at radius 2 is 1.59 bits per heavy atom. The van der Waals surface area contributed by atoms with Crippen LogP contribution in [-0.4, -0.2) is 17.1 Å². The minimum absolute atomic E-state index is 0.293. The number of carbonyl (C=O) groups excluding carboxylic acids is 1. The third-order valence-corrected chi connectivity index (χ3v) is 3.82. The lowest BCUT2D eigenvalue weighted by atomic mass is 9.86. The summed E-state index contributed by atoms with van der Waals surface area (Å²) in [4.78, 5) is 12.4. The fraction of sp³-hybridized carbons (Fsp3) is 0.312. The van der Waals surface area contributed by atoms with Crippen molar-refractivity contribution in [2.75, 3.05) is 0 Å². The Hall–Kier alpha value is -2.08. The first-order valence-electron chi connectivity index (χ1n) is 6.56. The van der Waals surface area contributed by atoms with Gasteiger partial charge >= 0.3 is 6.18 Å². The van der Waals surface area contributed by atoms with E-state index in [0.29, 0.717) is 16.9 Å². The molecule has 0 spiro atoms. The van der Waals surface area contributed by atoms with Crippen LogP contribution in [0.5, 0.6) is 0 Å². The lowest BCUT2D eigenvalue weighted by Gasteiger charge is -2.28. The average molecular weight is 312 g/mol. The molecule has 0 fully saturated rings. The number of halogens is 3. The molecular weight excluding hydrogens is 297 g/mol. The first-order chi connectivity index (χ1) is 10.1. The molecular formula is C16H15F3O3. The van der Waals surface area contributed by atoms with Crippen molar-refractivity contribution in [2.24, 2.45) is 0 Å². The van der Waals surface area contributed by atoms with E-state index in [0.717, 1.165) is 12.1 Å². The summed E-state index contributed by atoms with van der Waals surface area (Å²) in [5.74, 6) is -1.64. The van der Waals surface area contributed by atoms with Gasteiger partial charge in [0.1, 0.15) is 5.76 Å². The van der Waals surface area contributed by atoms with E-state index in [1.54, 1.807) is 13.8 Å². The van der Waals surface area contributed by atoms with Gasteiger partial charge in [-0.15, -0.1) is 0 Å². The Kier molecular flexibility index (Phi) is 3.91. The number of hydrogen-bond donors (Lipinski definition) is 1. The summed E-state index contributed by atoms with van der Waals surface area (Å²) < 4.78 is 45.5. The topological polar surface area (TPSA) is 50.4 Å². The van der Waals surface area contributed by atoms with E-state index < -0.39 is 28.9 Å². The molecule has 0 unspecified atom stereocenters. The highest BCUT2D eigenvalue weighted by Gasteiger charge is 2.61. The van der Waals surface area contributed by atoms with Crippen LogP contribution >= 0.6 is 0 Å². The number of carbonyl (C=O) groups is 1. The molecule has 1 N–H and O–H groups in total. The van der Waals surface area contributed by atoms with Crippen LogP contribution in [0.3, 0.4) is 0 Å². The predicted molar refractivity (Wildman–Crippen MR) is 73.6 cm³/mol. The van der Waals surface area contributed by atoms with Crippen LogP contribution < -0.4 is 0 Å². The van der Waals surface area contributed by atoms with E-state index in [4.69, 9.17) is 4.42 Å². The van der Waals surface area contributed by atoms with Gasteiger partial charge in [0.2, 0.25) is 5.78 Å². The maximum atomic E-state index is 13.5. The molecule has 118 valence electrons. The zero-order valence-electron chi connectivity index (χ0n) is 12.3. The van der Waals surface area contributed by atoms with Gasteiger partial charge < -0.3 is 9.52 Å². The fourth-order valence-electron chi connectivity index (χ4n) is 2.22. The van der Waals surface area contributed by atoms with Crippen LogP contribution in [0, 0.1) is 20.8 Å². The second-order valence-electron chi connectivity index (χ2n) is 5.14. The van der Waals surface area contributed by atoms with Crippen molar-refractivity contribution in [3.05, 3.63) is 58.5 Å². The number of alkyl halides is 3. The first kappa shape index (κ1) is 16.3. The number of rotatable bonds is 3. The molecule has 3 nitrogen and oxygen atoms in total. The van der Waals surface area contributed by atoms with Crippen molar-refractivity contribution in [2.45, 2.75) is 32.5 Å². The van der Waals surface area contributed by atoms with Gasteiger partial charge in [-0.05, 0) is 26.3 Å². The molecule has 1 aromatic carbocycles. The third-order valence-electron chi connectivity index (χ3n) is 3.82. The number of furan rings is 1. The highest BCUT2D eigenvalue weighted by atomic mass is 19.4. The maximum Gasteiger partial charge on any atom is 0.429 e. The smallest absolute Gasteiger partial charge is 0.429 e. The summed E-state index contributed by atoms with van der Waals surface area (Å²) in [7, 11) is 0. The molecule has 2 rings (SSSR count). The van der Waals surface area contributed by atoms with E-state index in [1.807, 2.05) is 0 Å². The molecule has 6 heteroatoms. The standard InChI is InChI=1S/C16H15F3O3/c1-9-10(2)13(22-11(9)3)14(20)15(21,16(17,18)19)12-7-5-4-6-8-12/h4-8,21H,1-3H3/t15-/m0/s1. The summed E-state index contributed by atoms with van der Waals surface area (Å²) in [6.07, 6.45) is -5.17. The van der Waals surface area contributed by atoms with Crippen molar-refractivity contribution in [1.82, 2.24) is 0 Å². The van der Waals surface area contributed by atoms with Crippen molar-refractivity contribution < 1.29 is 27.5 Å². The molecule has 0 saturated heterocycles. The van der Waals surface area contributed by atoms with Crippen LogP contribution in [0.2, 0.25) is 0 Å². The minimum atomic E-state index is -5.17. The third kappa shape index (κ3) is 2.33. The van der Waals surface area contributed by atoms with Crippen LogP contribution in [0.15, 0.2) is 34.7 Å². The van der Waals surface area contributed by atoms with E-state index in [9.17, 15) is 23.1 Å². The van der Waals surface area contributed by atoms with Gasteiger partial charge in [-0.3, -0.25) is 4.79 Å². The largest absolute Gasteiger partial charge is 0.458 e. The van der Waals surface area contributed by atoms with Gasteiger partial charge in [0, 0.05) is 11.1 Å². The summed E-state index contributed by atoms with van der Waals surface area (Å²) in [5, 5.41) is 10.2. The normalized spacial score (nSPS) is 14.7. The zero-order chi connectivity index (χ0) is 16.7. The molecule has 0 aliphatic heterocycles. The second-order valence-corrected chi connectivity index (χ2v) is 5.14. The molecule has 0 aliphatic carbocycles. The molecule has 1 aromatic heterocycles. The van der Waals surface area contributed by atoms with Gasteiger partial charge in [-0.25, -0.2) is 0 Å². The quantitative estimate of drug-likeness (QED) is 0.876. The molecule has 1 heterocycles. The lowest BCUT2D eigenvalue weighted by molar-refractivity contribution is -0.242. The van der Waals surface area contributed by atoms with Gasteiger partial charge in [0.05, 0.1) is 0 Å². The van der Waals surface area contributed by atoms with Gasteiger partial charge in [-0.1, -0.05) is 30.3 Å². The van der Waals surface area contributed by atoms with Crippen molar-refractivity contribution >= 4 is 5.78 Å².